The molecule has 5 heteroatoms. The fourth-order valence-corrected chi connectivity index (χ4v) is 3.87. The number of aromatic amines is 2. The number of aromatic nitrogens is 4. The molecule has 4 nitrogen and oxygen atoms in total. The summed E-state index contributed by atoms with van der Waals surface area (Å²) >= 11 is 0. The summed E-state index contributed by atoms with van der Waals surface area (Å²) in [5.41, 5.74) is 10.1. The molecule has 2 N–H and O–H groups in total. The molecule has 0 aliphatic carbocycles. The molecule has 4 aromatic rings. The smallest absolute Gasteiger partial charge is 0.0659 e. The van der Waals surface area contributed by atoms with Gasteiger partial charge >= 0.3 is 0 Å². The number of benzene rings is 1. The van der Waals surface area contributed by atoms with E-state index in [9.17, 15) is 0 Å². The maximum Gasteiger partial charge on any atom is 0.0659 e. The van der Waals surface area contributed by atoms with Crippen LogP contribution in [0.15, 0.2) is 72.8 Å². The van der Waals surface area contributed by atoms with Gasteiger partial charge in [-0.15, -0.1) is 0 Å². The Morgan fingerprint density at radius 1 is 0.516 bits per heavy atom. The Kier molecular flexibility index (Phi) is 4.89. The summed E-state index contributed by atoms with van der Waals surface area (Å²) in [5.74, 6) is 0. The quantitative estimate of drug-likeness (QED) is 0.291. The normalized spacial score (nSPS) is 12.0. The monoisotopic (exact) mass is 444 g/mol. The average molecular weight is 445 g/mol. The molecule has 0 saturated heterocycles. The molecule has 3 aromatic heterocycles. The summed E-state index contributed by atoms with van der Waals surface area (Å²) in [7, 11) is 0. The molecule has 152 valence electrons. The van der Waals surface area contributed by atoms with E-state index in [1.54, 1.807) is 0 Å². The van der Waals surface area contributed by atoms with Crippen LogP contribution >= 0.6 is 0 Å². The van der Waals surface area contributed by atoms with Gasteiger partial charge in [-0.2, -0.15) is 0 Å². The Morgan fingerprint density at radius 3 is 1.84 bits per heavy atom. The van der Waals surface area contributed by atoms with Crippen molar-refractivity contribution in [1.29, 1.82) is 0 Å². The van der Waals surface area contributed by atoms with Gasteiger partial charge in [0.2, 0.25) is 0 Å². The third-order valence-electron chi connectivity index (χ3n) is 5.25. The zero-order valence-electron chi connectivity index (χ0n) is 16.4. The molecule has 6 rings (SSSR count). The first-order valence-corrected chi connectivity index (χ1v) is 9.92. The van der Waals surface area contributed by atoms with Crippen LogP contribution in [0.3, 0.4) is 0 Å². The molecule has 0 amide bonds. The molecule has 0 spiro atoms. The zero-order valence-corrected chi connectivity index (χ0v) is 17.4. The van der Waals surface area contributed by atoms with Gasteiger partial charge in [-0.3, -0.25) is 0 Å². The molecule has 0 saturated carbocycles. The second-order valence-electron chi connectivity index (χ2n) is 7.45. The van der Waals surface area contributed by atoms with Gasteiger partial charge in [-0.25, -0.2) is 9.97 Å². The zero-order chi connectivity index (χ0) is 19.9. The molecular weight excluding hydrogens is 427 g/mol. The van der Waals surface area contributed by atoms with Crippen LogP contribution in [0.4, 0.5) is 0 Å². The van der Waals surface area contributed by atoms with Crippen molar-refractivity contribution >= 4 is 46.4 Å². The second-order valence-corrected chi connectivity index (χ2v) is 7.45. The van der Waals surface area contributed by atoms with Crippen LogP contribution in [0.25, 0.3) is 57.5 Å². The summed E-state index contributed by atoms with van der Waals surface area (Å²) in [6, 6.07) is 25.0. The third-order valence-corrected chi connectivity index (χ3v) is 5.25. The van der Waals surface area contributed by atoms with E-state index in [0.717, 1.165) is 50.4 Å². The van der Waals surface area contributed by atoms with Crippen molar-refractivity contribution in [1.82, 2.24) is 19.9 Å². The van der Waals surface area contributed by atoms with Crippen molar-refractivity contribution in [2.24, 2.45) is 0 Å². The minimum absolute atomic E-state index is 0. The van der Waals surface area contributed by atoms with E-state index < -0.39 is 0 Å². The third kappa shape index (κ3) is 3.88. The van der Waals surface area contributed by atoms with Gasteiger partial charge in [-0.1, -0.05) is 30.3 Å². The van der Waals surface area contributed by atoms with Gasteiger partial charge in [-0.05, 0) is 72.3 Å². The number of rotatable bonds is 1. The SMILES string of the molecule is C1=Cc2cc3ccc(cc4cc(-c5ccccc5)c(cc5nc(cc1n2)C=C5)[nH]4)[nH]3.[Ni]. The molecule has 8 bridgehead atoms. The van der Waals surface area contributed by atoms with Gasteiger partial charge in [0.1, 0.15) is 0 Å². The molecule has 0 radical (unpaired) electrons. The molecule has 2 aliphatic rings. The van der Waals surface area contributed by atoms with Crippen molar-refractivity contribution < 1.29 is 16.5 Å². The van der Waals surface area contributed by atoms with Crippen LogP contribution in [0.2, 0.25) is 0 Å². The number of H-pyrrole nitrogens is 2. The van der Waals surface area contributed by atoms with E-state index in [4.69, 9.17) is 4.98 Å². The molecule has 5 heterocycles. The van der Waals surface area contributed by atoms with Gasteiger partial charge in [0.15, 0.2) is 0 Å². The number of hydrogen-bond donors (Lipinski definition) is 2. The molecule has 1 aromatic carbocycles. The van der Waals surface area contributed by atoms with Gasteiger partial charge < -0.3 is 9.97 Å². The Balaban J connectivity index is 0.00000204. The van der Waals surface area contributed by atoms with Crippen molar-refractivity contribution in [3.63, 3.8) is 0 Å². The molecule has 0 atom stereocenters. The van der Waals surface area contributed by atoms with Crippen molar-refractivity contribution in [2.45, 2.75) is 0 Å². The molecular formula is C26H18N4Ni. The number of nitrogens with zero attached hydrogens (tertiary/aromatic N) is 2. The van der Waals surface area contributed by atoms with Crippen molar-refractivity contribution in [2.75, 3.05) is 0 Å². The molecule has 31 heavy (non-hydrogen) atoms. The number of nitrogens with one attached hydrogen (secondary N) is 2. The Hall–Kier alpha value is -3.69. The van der Waals surface area contributed by atoms with E-state index in [0.29, 0.717) is 0 Å². The van der Waals surface area contributed by atoms with Crippen LogP contribution in [-0.2, 0) is 16.5 Å². The van der Waals surface area contributed by atoms with Crippen LogP contribution < -0.4 is 0 Å². The summed E-state index contributed by atoms with van der Waals surface area (Å²) in [5, 5.41) is 0. The van der Waals surface area contributed by atoms with Crippen molar-refractivity contribution in [3.8, 4) is 11.1 Å². The standard InChI is InChI=1S/C26H18N4.Ni/c1-2-4-17(5-3-1)25-15-24-14-22-9-8-20(28-22)12-18-6-7-19(27-18)13-21-10-11-23(29-21)16-26(25)30-24;/h1-16,28,30H;. The van der Waals surface area contributed by atoms with Crippen molar-refractivity contribution in [3.05, 3.63) is 95.6 Å². The summed E-state index contributed by atoms with van der Waals surface area (Å²) in [6.07, 6.45) is 8.10. The first kappa shape index (κ1) is 19.3. The predicted octanol–water partition coefficient (Wildman–Crippen LogP) is 6.32. The Labute approximate surface area is 189 Å². The predicted molar refractivity (Wildman–Crippen MR) is 124 cm³/mol. The van der Waals surface area contributed by atoms with Gasteiger partial charge in [0, 0.05) is 44.1 Å². The second kappa shape index (κ2) is 7.86. The number of fused-ring (bicyclic) bond motifs is 8. The maximum atomic E-state index is 4.76. The maximum absolute atomic E-state index is 4.76. The Morgan fingerprint density at radius 2 is 1.13 bits per heavy atom. The van der Waals surface area contributed by atoms with Crippen LogP contribution in [0, 0.1) is 0 Å². The minimum Gasteiger partial charge on any atom is -0.355 e. The summed E-state index contributed by atoms with van der Waals surface area (Å²) in [6.45, 7) is 0. The fourth-order valence-electron chi connectivity index (χ4n) is 3.87. The first-order valence-electron chi connectivity index (χ1n) is 9.92. The van der Waals surface area contributed by atoms with E-state index in [1.165, 1.54) is 5.56 Å². The van der Waals surface area contributed by atoms with E-state index >= 15 is 0 Å². The molecule has 0 unspecified atom stereocenters. The average Bonchev–Trinajstić information content (AvgIpc) is 3.53. The topological polar surface area (TPSA) is 57.4 Å². The fraction of sp³-hybridized carbons (Fsp3) is 0. The van der Waals surface area contributed by atoms with Gasteiger partial charge in [0.25, 0.3) is 0 Å². The van der Waals surface area contributed by atoms with Crippen LogP contribution in [0.1, 0.15) is 22.8 Å². The molecule has 0 fully saturated rings. The Bertz CT molecular complexity index is 1490. The minimum atomic E-state index is 0. The summed E-state index contributed by atoms with van der Waals surface area (Å²) in [4.78, 5) is 16.4. The van der Waals surface area contributed by atoms with E-state index in [2.05, 4.69) is 69.5 Å². The molecule has 2 aliphatic heterocycles. The van der Waals surface area contributed by atoms with Crippen LogP contribution in [0.5, 0.6) is 0 Å². The largest absolute Gasteiger partial charge is 0.355 e. The first-order chi connectivity index (χ1) is 14.8. The summed E-state index contributed by atoms with van der Waals surface area (Å²) < 4.78 is 0. The van der Waals surface area contributed by atoms with Gasteiger partial charge in [0.05, 0.1) is 22.8 Å². The number of hydrogen-bond acceptors (Lipinski definition) is 2. The van der Waals surface area contributed by atoms with E-state index in [1.807, 2.05) is 42.5 Å². The van der Waals surface area contributed by atoms with E-state index in [-0.39, 0.29) is 16.5 Å². The van der Waals surface area contributed by atoms with Crippen LogP contribution in [-0.4, -0.2) is 19.9 Å².